The third-order valence-corrected chi connectivity index (χ3v) is 6.27. The van der Waals surface area contributed by atoms with Crippen LogP contribution in [0.4, 0.5) is 0 Å². The van der Waals surface area contributed by atoms with E-state index >= 15 is 0 Å². The van der Waals surface area contributed by atoms with E-state index < -0.39 is 5.92 Å². The first-order valence-electron chi connectivity index (χ1n) is 10.9. The van der Waals surface area contributed by atoms with Crippen LogP contribution in [-0.4, -0.2) is 18.4 Å². The van der Waals surface area contributed by atoms with Crippen LogP contribution in [0.3, 0.4) is 0 Å². The quantitative estimate of drug-likeness (QED) is 0.699. The molecule has 5 heteroatoms. The Labute approximate surface area is 186 Å². The van der Waals surface area contributed by atoms with Crippen molar-refractivity contribution in [3.63, 3.8) is 0 Å². The van der Waals surface area contributed by atoms with Gasteiger partial charge in [-0.2, -0.15) is 0 Å². The minimum atomic E-state index is -0.446. The fourth-order valence-corrected chi connectivity index (χ4v) is 4.40. The molecule has 0 radical (unpaired) electrons. The fourth-order valence-electron chi connectivity index (χ4n) is 4.40. The predicted octanol–water partition coefficient (Wildman–Crippen LogP) is 3.30. The molecular formula is C27H24N2O3. The van der Waals surface area contributed by atoms with E-state index in [4.69, 9.17) is 4.74 Å². The van der Waals surface area contributed by atoms with Crippen molar-refractivity contribution >= 4 is 17.9 Å². The largest absolute Gasteiger partial charge is 0.457 e. The van der Waals surface area contributed by atoms with Crippen LogP contribution in [0.25, 0.3) is 6.08 Å². The van der Waals surface area contributed by atoms with E-state index in [1.54, 1.807) is 0 Å². The Morgan fingerprint density at radius 1 is 0.969 bits per heavy atom. The van der Waals surface area contributed by atoms with Crippen molar-refractivity contribution < 1.29 is 14.3 Å². The van der Waals surface area contributed by atoms with Gasteiger partial charge in [0.15, 0.2) is 0 Å². The molecular weight excluding hydrogens is 400 g/mol. The van der Waals surface area contributed by atoms with Crippen molar-refractivity contribution in [2.45, 2.75) is 26.2 Å². The molecule has 5 nitrogen and oxygen atoms in total. The summed E-state index contributed by atoms with van der Waals surface area (Å²) in [6, 6.07) is 19.3. The molecule has 0 bridgehead atoms. The van der Waals surface area contributed by atoms with E-state index in [0.29, 0.717) is 24.5 Å². The van der Waals surface area contributed by atoms with Crippen LogP contribution in [0.5, 0.6) is 11.5 Å². The highest BCUT2D eigenvalue weighted by molar-refractivity contribution is 5.90. The van der Waals surface area contributed by atoms with Gasteiger partial charge in [-0.05, 0) is 60.9 Å². The summed E-state index contributed by atoms with van der Waals surface area (Å²) < 4.78 is 5.98. The normalized spacial score (nSPS) is 16.6. The molecule has 160 valence electrons. The first-order chi connectivity index (χ1) is 15.5. The van der Waals surface area contributed by atoms with Crippen molar-refractivity contribution in [2.24, 2.45) is 10.9 Å². The summed E-state index contributed by atoms with van der Waals surface area (Å²) in [5, 5.41) is 4.75. The molecule has 0 aromatic heterocycles. The van der Waals surface area contributed by atoms with E-state index in [1.165, 1.54) is 5.56 Å². The van der Waals surface area contributed by atoms with Crippen LogP contribution in [0, 0.1) is 19.8 Å². The van der Waals surface area contributed by atoms with Crippen LogP contribution in [0.2, 0.25) is 0 Å². The van der Waals surface area contributed by atoms with E-state index in [0.717, 1.165) is 27.3 Å². The molecule has 0 saturated carbocycles. The van der Waals surface area contributed by atoms with Gasteiger partial charge in [-0.25, -0.2) is 4.99 Å². The van der Waals surface area contributed by atoms with Gasteiger partial charge in [0, 0.05) is 17.7 Å². The van der Waals surface area contributed by atoms with Crippen molar-refractivity contribution in [2.75, 3.05) is 6.54 Å². The number of nitrogens with zero attached hydrogens (tertiary/aromatic N) is 1. The maximum atomic E-state index is 13.2. The molecule has 1 N–H and O–H groups in total. The summed E-state index contributed by atoms with van der Waals surface area (Å²) in [5.41, 5.74) is 3.99. The van der Waals surface area contributed by atoms with Crippen molar-refractivity contribution in [3.05, 3.63) is 93.5 Å². The molecule has 0 saturated heterocycles. The fraction of sp³-hybridized carbons (Fsp3) is 0.222. The zero-order valence-corrected chi connectivity index (χ0v) is 18.1. The van der Waals surface area contributed by atoms with Gasteiger partial charge >= 0.3 is 0 Å². The standard InChI is InChI=1S/C27H24N2O3/c1-16-13-19-15-18(26(30)29-22(19)14-17(16)2)11-12-28-27(31)25-20-7-3-5-9-23(20)32-24-10-6-4-8-21(24)25/h3-10,13-15,18,25H,11-12H2,1-2H3,(H,28,31). The number of fused-ring (bicyclic) bond motifs is 3. The predicted molar refractivity (Wildman–Crippen MR) is 122 cm³/mol. The summed E-state index contributed by atoms with van der Waals surface area (Å²) in [4.78, 5) is 30.0. The summed E-state index contributed by atoms with van der Waals surface area (Å²) in [5.74, 6) is 0.362. The van der Waals surface area contributed by atoms with Crippen molar-refractivity contribution in [1.29, 1.82) is 0 Å². The smallest absolute Gasteiger partial charge is 0.253 e. The third-order valence-electron chi connectivity index (χ3n) is 6.27. The Balaban J connectivity index is 1.33. The van der Waals surface area contributed by atoms with Crippen LogP contribution < -0.4 is 20.6 Å². The van der Waals surface area contributed by atoms with Gasteiger partial charge in [0.2, 0.25) is 5.91 Å². The lowest BCUT2D eigenvalue weighted by Gasteiger charge is -2.27. The van der Waals surface area contributed by atoms with Crippen molar-refractivity contribution in [1.82, 2.24) is 5.32 Å². The molecule has 2 heterocycles. The molecule has 2 aliphatic rings. The monoisotopic (exact) mass is 424 g/mol. The Hall–Kier alpha value is -3.73. The lowest BCUT2D eigenvalue weighted by molar-refractivity contribution is -0.123. The molecule has 5 rings (SSSR count). The molecule has 0 fully saturated rings. The summed E-state index contributed by atoms with van der Waals surface area (Å²) in [7, 11) is 0. The minimum absolute atomic E-state index is 0.0970. The number of benzene rings is 3. The third kappa shape index (κ3) is 3.60. The van der Waals surface area contributed by atoms with Crippen LogP contribution >= 0.6 is 0 Å². The maximum absolute atomic E-state index is 13.2. The number of hydrogen-bond donors (Lipinski definition) is 1. The van der Waals surface area contributed by atoms with E-state index in [9.17, 15) is 9.59 Å². The summed E-state index contributed by atoms with van der Waals surface area (Å²) in [6.45, 7) is 4.46. The van der Waals surface area contributed by atoms with Gasteiger partial charge in [-0.3, -0.25) is 9.59 Å². The zero-order valence-electron chi connectivity index (χ0n) is 18.1. The lowest BCUT2D eigenvalue weighted by atomic mass is 9.87. The first-order valence-corrected chi connectivity index (χ1v) is 10.9. The van der Waals surface area contributed by atoms with Gasteiger partial charge in [0.25, 0.3) is 5.91 Å². The molecule has 3 aromatic rings. The number of para-hydroxylation sites is 2. The van der Waals surface area contributed by atoms with Gasteiger partial charge in [0.05, 0.1) is 17.2 Å². The second-order valence-electron chi connectivity index (χ2n) is 8.41. The van der Waals surface area contributed by atoms with Gasteiger partial charge in [-0.1, -0.05) is 42.5 Å². The second-order valence-corrected chi connectivity index (χ2v) is 8.41. The minimum Gasteiger partial charge on any atom is -0.457 e. The van der Waals surface area contributed by atoms with Gasteiger partial charge < -0.3 is 10.1 Å². The number of hydrogen-bond acceptors (Lipinski definition) is 3. The topological polar surface area (TPSA) is 67.8 Å². The number of rotatable bonds is 4. The molecule has 3 aromatic carbocycles. The number of nitrogens with one attached hydrogen (secondary N) is 1. The van der Waals surface area contributed by atoms with Crippen LogP contribution in [0.1, 0.15) is 34.6 Å². The highest BCUT2D eigenvalue weighted by Crippen LogP contribution is 2.43. The number of ether oxygens (including phenoxy) is 1. The zero-order chi connectivity index (χ0) is 22.2. The number of carbonyl (C=O) groups excluding carboxylic acids is 2. The SMILES string of the molecule is Cc1cc2c(cc1C)=NC(=O)C(CCNC(=O)C1c3ccccc3Oc3ccccc31)C=2. The Morgan fingerprint density at radius 3 is 2.28 bits per heavy atom. The molecule has 32 heavy (non-hydrogen) atoms. The molecule has 1 atom stereocenters. The van der Waals surface area contributed by atoms with E-state index in [1.807, 2.05) is 67.6 Å². The Bertz CT molecular complexity index is 1310. The average molecular weight is 425 g/mol. The van der Waals surface area contributed by atoms with Crippen molar-refractivity contribution in [3.8, 4) is 11.5 Å². The molecule has 1 unspecified atom stereocenters. The second kappa shape index (κ2) is 8.08. The molecule has 2 amide bonds. The number of amides is 2. The maximum Gasteiger partial charge on any atom is 0.253 e. The van der Waals surface area contributed by atoms with Crippen LogP contribution in [-0.2, 0) is 9.59 Å². The van der Waals surface area contributed by atoms with E-state index in [-0.39, 0.29) is 17.7 Å². The first kappa shape index (κ1) is 20.2. The Morgan fingerprint density at radius 2 is 1.59 bits per heavy atom. The molecule has 2 aliphatic heterocycles. The average Bonchev–Trinajstić information content (AvgIpc) is 2.79. The summed E-state index contributed by atoms with van der Waals surface area (Å²) >= 11 is 0. The molecule has 0 aliphatic carbocycles. The Kier molecular flexibility index (Phi) is 5.10. The number of carbonyl (C=O) groups is 2. The number of aryl methyl sites for hydroxylation is 2. The van der Waals surface area contributed by atoms with E-state index in [2.05, 4.69) is 23.3 Å². The summed E-state index contributed by atoms with van der Waals surface area (Å²) in [6.07, 6.45) is 2.48. The molecule has 0 spiro atoms. The highest BCUT2D eigenvalue weighted by Gasteiger charge is 2.32. The van der Waals surface area contributed by atoms with Crippen LogP contribution in [0.15, 0.2) is 65.7 Å². The highest BCUT2D eigenvalue weighted by atomic mass is 16.5. The van der Waals surface area contributed by atoms with Gasteiger partial charge in [-0.15, -0.1) is 0 Å². The van der Waals surface area contributed by atoms with Gasteiger partial charge in [0.1, 0.15) is 11.5 Å². The lowest BCUT2D eigenvalue weighted by Crippen LogP contribution is -2.37.